The Morgan fingerprint density at radius 3 is 1.85 bits per heavy atom. The first kappa shape index (κ1) is 12.5. The molecule has 0 aromatic heterocycles. The van der Waals surface area contributed by atoms with Crippen LogP contribution in [0.1, 0.15) is 30.5 Å². The van der Waals surface area contributed by atoms with Crippen molar-refractivity contribution in [2.24, 2.45) is 0 Å². The zero-order valence-corrected chi connectivity index (χ0v) is 9.44. The Labute approximate surface area is 85.4 Å². The molecule has 1 nitrogen and oxygen atoms in total. The molecular weight excluding hydrogens is 184 g/mol. The molecule has 0 fully saturated rings. The molecule has 13 heavy (non-hydrogen) atoms. The Balaban J connectivity index is 0.000000671. The standard InChI is InChI=1S/C9H11ClO.C2H6/c1-6-3-8(10)4-7(2)9(6)5-11;1-2/h3-4,11H,5H2,1-2H3;1-2H3. The first-order valence-corrected chi connectivity index (χ1v) is 4.89. The van der Waals surface area contributed by atoms with Crippen molar-refractivity contribution in [3.63, 3.8) is 0 Å². The minimum absolute atomic E-state index is 0.0921. The normalized spacial score (nSPS) is 9.08. The van der Waals surface area contributed by atoms with E-state index in [9.17, 15) is 0 Å². The molecule has 0 unspecified atom stereocenters. The second-order valence-corrected chi connectivity index (χ2v) is 3.11. The van der Waals surface area contributed by atoms with Crippen molar-refractivity contribution in [1.29, 1.82) is 0 Å². The van der Waals surface area contributed by atoms with E-state index in [1.54, 1.807) is 0 Å². The molecule has 1 N–H and O–H groups in total. The van der Waals surface area contributed by atoms with Crippen LogP contribution in [0.4, 0.5) is 0 Å². The minimum atomic E-state index is 0.0921. The average molecular weight is 201 g/mol. The molecule has 0 amide bonds. The Bertz CT molecular complexity index is 246. The maximum absolute atomic E-state index is 8.95. The molecule has 0 atom stereocenters. The summed E-state index contributed by atoms with van der Waals surface area (Å²) in [5.41, 5.74) is 3.09. The lowest BCUT2D eigenvalue weighted by Gasteiger charge is -2.06. The van der Waals surface area contributed by atoms with E-state index in [0.717, 1.165) is 21.7 Å². The zero-order valence-electron chi connectivity index (χ0n) is 8.69. The molecular formula is C11H17ClO. The summed E-state index contributed by atoms with van der Waals surface area (Å²) in [6, 6.07) is 3.72. The average Bonchev–Trinajstić information content (AvgIpc) is 2.07. The minimum Gasteiger partial charge on any atom is -0.392 e. The lowest BCUT2D eigenvalue weighted by Crippen LogP contribution is -1.92. The smallest absolute Gasteiger partial charge is 0.0687 e. The Hall–Kier alpha value is -0.530. The Morgan fingerprint density at radius 1 is 1.15 bits per heavy atom. The highest BCUT2D eigenvalue weighted by molar-refractivity contribution is 6.30. The molecule has 74 valence electrons. The Morgan fingerprint density at radius 2 is 1.54 bits per heavy atom. The molecule has 1 aromatic carbocycles. The SMILES string of the molecule is CC.Cc1cc(Cl)cc(C)c1CO. The van der Waals surface area contributed by atoms with Gasteiger partial charge < -0.3 is 5.11 Å². The molecule has 2 heteroatoms. The van der Waals surface area contributed by atoms with Crippen LogP contribution in [0, 0.1) is 13.8 Å². The van der Waals surface area contributed by atoms with Crippen molar-refractivity contribution >= 4 is 11.6 Å². The monoisotopic (exact) mass is 200 g/mol. The van der Waals surface area contributed by atoms with Gasteiger partial charge in [-0.25, -0.2) is 0 Å². The summed E-state index contributed by atoms with van der Waals surface area (Å²) in [4.78, 5) is 0. The molecule has 0 aliphatic heterocycles. The summed E-state index contributed by atoms with van der Waals surface area (Å²) in [6.07, 6.45) is 0. The molecule has 0 saturated carbocycles. The van der Waals surface area contributed by atoms with Crippen LogP contribution in [0.5, 0.6) is 0 Å². The van der Waals surface area contributed by atoms with Crippen molar-refractivity contribution in [2.75, 3.05) is 0 Å². The van der Waals surface area contributed by atoms with Gasteiger partial charge in [-0.3, -0.25) is 0 Å². The van der Waals surface area contributed by atoms with Gasteiger partial charge in [0.05, 0.1) is 6.61 Å². The number of hydrogen-bond acceptors (Lipinski definition) is 1. The maximum atomic E-state index is 8.95. The lowest BCUT2D eigenvalue weighted by molar-refractivity contribution is 0.280. The number of benzene rings is 1. The fourth-order valence-corrected chi connectivity index (χ4v) is 1.52. The summed E-state index contributed by atoms with van der Waals surface area (Å²) in [5, 5.41) is 9.68. The van der Waals surface area contributed by atoms with Gasteiger partial charge in [0, 0.05) is 5.02 Å². The fraction of sp³-hybridized carbons (Fsp3) is 0.455. The van der Waals surface area contributed by atoms with E-state index >= 15 is 0 Å². The topological polar surface area (TPSA) is 20.2 Å². The Kier molecular flexibility index (Phi) is 5.76. The molecule has 0 spiro atoms. The summed E-state index contributed by atoms with van der Waals surface area (Å²) < 4.78 is 0. The van der Waals surface area contributed by atoms with Crippen LogP contribution in [-0.4, -0.2) is 5.11 Å². The van der Waals surface area contributed by atoms with Crippen molar-refractivity contribution in [3.05, 3.63) is 33.8 Å². The molecule has 0 bridgehead atoms. The third-order valence-electron chi connectivity index (χ3n) is 1.82. The third kappa shape index (κ3) is 3.37. The van der Waals surface area contributed by atoms with Gasteiger partial charge in [0.2, 0.25) is 0 Å². The molecule has 0 aliphatic carbocycles. The number of aliphatic hydroxyl groups excluding tert-OH is 1. The molecule has 0 saturated heterocycles. The molecule has 1 rings (SSSR count). The van der Waals surface area contributed by atoms with Crippen LogP contribution in [-0.2, 0) is 6.61 Å². The van der Waals surface area contributed by atoms with E-state index in [-0.39, 0.29) is 6.61 Å². The largest absolute Gasteiger partial charge is 0.392 e. The highest BCUT2D eigenvalue weighted by atomic mass is 35.5. The fourth-order valence-electron chi connectivity index (χ4n) is 1.19. The summed E-state index contributed by atoms with van der Waals surface area (Å²) in [6.45, 7) is 7.99. The van der Waals surface area contributed by atoms with E-state index in [2.05, 4.69) is 0 Å². The van der Waals surface area contributed by atoms with Crippen LogP contribution >= 0.6 is 11.6 Å². The predicted molar refractivity (Wildman–Crippen MR) is 58.2 cm³/mol. The number of aryl methyl sites for hydroxylation is 2. The lowest BCUT2D eigenvalue weighted by atomic mass is 10.0. The molecule has 0 heterocycles. The van der Waals surface area contributed by atoms with E-state index in [0.29, 0.717) is 0 Å². The molecule has 0 aliphatic rings. The van der Waals surface area contributed by atoms with E-state index in [1.807, 2.05) is 39.8 Å². The van der Waals surface area contributed by atoms with Crippen LogP contribution in [0.2, 0.25) is 5.02 Å². The molecule has 0 radical (unpaired) electrons. The first-order valence-electron chi connectivity index (χ1n) is 4.51. The third-order valence-corrected chi connectivity index (χ3v) is 2.04. The van der Waals surface area contributed by atoms with Gasteiger partial charge in [0.15, 0.2) is 0 Å². The van der Waals surface area contributed by atoms with Crippen LogP contribution < -0.4 is 0 Å². The van der Waals surface area contributed by atoms with Crippen LogP contribution in [0.15, 0.2) is 12.1 Å². The van der Waals surface area contributed by atoms with Crippen molar-refractivity contribution in [2.45, 2.75) is 34.3 Å². The van der Waals surface area contributed by atoms with Gasteiger partial charge in [-0.1, -0.05) is 25.4 Å². The summed E-state index contributed by atoms with van der Waals surface area (Å²) in [7, 11) is 0. The summed E-state index contributed by atoms with van der Waals surface area (Å²) in [5.74, 6) is 0. The van der Waals surface area contributed by atoms with E-state index in [1.165, 1.54) is 0 Å². The maximum Gasteiger partial charge on any atom is 0.0687 e. The van der Waals surface area contributed by atoms with E-state index < -0.39 is 0 Å². The quantitative estimate of drug-likeness (QED) is 0.736. The first-order chi connectivity index (χ1) is 6.15. The summed E-state index contributed by atoms with van der Waals surface area (Å²) >= 11 is 5.80. The van der Waals surface area contributed by atoms with Crippen molar-refractivity contribution < 1.29 is 5.11 Å². The number of halogens is 1. The predicted octanol–water partition coefficient (Wildman–Crippen LogP) is 3.48. The highest BCUT2D eigenvalue weighted by Crippen LogP contribution is 2.19. The van der Waals surface area contributed by atoms with Crippen LogP contribution in [0.3, 0.4) is 0 Å². The molecule has 1 aromatic rings. The van der Waals surface area contributed by atoms with E-state index in [4.69, 9.17) is 16.7 Å². The van der Waals surface area contributed by atoms with Gasteiger partial charge in [-0.05, 0) is 42.7 Å². The number of aliphatic hydroxyl groups is 1. The van der Waals surface area contributed by atoms with Gasteiger partial charge in [-0.15, -0.1) is 0 Å². The van der Waals surface area contributed by atoms with Crippen molar-refractivity contribution in [3.8, 4) is 0 Å². The van der Waals surface area contributed by atoms with Crippen LogP contribution in [0.25, 0.3) is 0 Å². The second kappa shape index (κ2) is 6.01. The van der Waals surface area contributed by atoms with Gasteiger partial charge in [-0.2, -0.15) is 0 Å². The zero-order chi connectivity index (χ0) is 10.4. The van der Waals surface area contributed by atoms with Crippen molar-refractivity contribution in [1.82, 2.24) is 0 Å². The second-order valence-electron chi connectivity index (χ2n) is 2.68. The van der Waals surface area contributed by atoms with Gasteiger partial charge >= 0.3 is 0 Å². The van der Waals surface area contributed by atoms with Gasteiger partial charge in [0.25, 0.3) is 0 Å². The number of rotatable bonds is 1. The van der Waals surface area contributed by atoms with Gasteiger partial charge in [0.1, 0.15) is 0 Å². The number of hydrogen-bond donors (Lipinski definition) is 1. The highest BCUT2D eigenvalue weighted by Gasteiger charge is 2.01.